The summed E-state index contributed by atoms with van der Waals surface area (Å²) < 4.78 is 0. The molecule has 0 unspecified atom stereocenters. The summed E-state index contributed by atoms with van der Waals surface area (Å²) in [5.41, 5.74) is 5.91. The molecule has 5 heteroatoms. The van der Waals surface area contributed by atoms with Crippen molar-refractivity contribution < 1.29 is 4.79 Å². The van der Waals surface area contributed by atoms with Crippen molar-refractivity contribution in [3.05, 3.63) is 24.2 Å². The van der Waals surface area contributed by atoms with E-state index in [9.17, 15) is 4.79 Å². The first-order valence-electron chi connectivity index (χ1n) is 4.28. The quantitative estimate of drug-likeness (QED) is 0.700. The Morgan fingerprint density at radius 1 is 1.50 bits per heavy atom. The minimum Gasteiger partial charge on any atom is -0.368 e. The van der Waals surface area contributed by atoms with E-state index >= 15 is 0 Å². The van der Waals surface area contributed by atoms with Crippen molar-refractivity contribution in [1.82, 2.24) is 9.97 Å². The van der Waals surface area contributed by atoms with E-state index in [0.717, 1.165) is 5.69 Å². The van der Waals surface area contributed by atoms with Gasteiger partial charge in [0.05, 0.1) is 6.54 Å². The number of nitrogens with zero attached hydrogens (tertiary/aromatic N) is 3. The van der Waals surface area contributed by atoms with Gasteiger partial charge < -0.3 is 10.6 Å². The summed E-state index contributed by atoms with van der Waals surface area (Å²) in [7, 11) is 0. The number of rotatable bonds is 2. The lowest BCUT2D eigenvalue weighted by Gasteiger charge is -2.24. The van der Waals surface area contributed by atoms with Gasteiger partial charge in [0.1, 0.15) is 5.69 Å². The first kappa shape index (κ1) is 8.68. The van der Waals surface area contributed by atoms with E-state index in [1.807, 2.05) is 12.2 Å². The molecular formula is C9H10N4O. The van der Waals surface area contributed by atoms with E-state index in [2.05, 4.69) is 9.97 Å². The molecule has 14 heavy (non-hydrogen) atoms. The van der Waals surface area contributed by atoms with E-state index in [1.54, 1.807) is 17.3 Å². The van der Waals surface area contributed by atoms with Crippen molar-refractivity contribution >= 4 is 17.8 Å². The van der Waals surface area contributed by atoms with Crippen LogP contribution in [0.5, 0.6) is 0 Å². The smallest absolute Gasteiger partial charge is 0.237 e. The van der Waals surface area contributed by atoms with Crippen molar-refractivity contribution in [1.29, 1.82) is 0 Å². The standard InChI is InChI=1S/C9H10N4O/c10-8(14)6-13-5-1-2-7-9(13)12-4-3-11-7/h1-4H,5-6H2,(H2,10,14). The monoisotopic (exact) mass is 190 g/mol. The molecule has 1 aliphatic heterocycles. The van der Waals surface area contributed by atoms with E-state index in [4.69, 9.17) is 5.73 Å². The number of hydrogen-bond donors (Lipinski definition) is 1. The van der Waals surface area contributed by atoms with Crippen molar-refractivity contribution in [3.63, 3.8) is 0 Å². The predicted octanol–water partition coefficient (Wildman–Crippen LogP) is -0.205. The summed E-state index contributed by atoms with van der Waals surface area (Å²) in [5.74, 6) is 0.353. The molecule has 1 amide bonds. The molecule has 0 atom stereocenters. The zero-order chi connectivity index (χ0) is 9.97. The normalized spacial score (nSPS) is 13.9. The average Bonchev–Trinajstić information content (AvgIpc) is 2.18. The fourth-order valence-corrected chi connectivity index (χ4v) is 1.41. The number of fused-ring (bicyclic) bond motifs is 1. The summed E-state index contributed by atoms with van der Waals surface area (Å²) in [6, 6.07) is 0. The molecule has 0 aromatic carbocycles. The molecule has 1 aromatic rings. The number of carbonyl (C=O) groups is 1. The summed E-state index contributed by atoms with van der Waals surface area (Å²) in [4.78, 5) is 20.9. The molecular weight excluding hydrogens is 180 g/mol. The highest BCUT2D eigenvalue weighted by atomic mass is 16.1. The highest BCUT2D eigenvalue weighted by molar-refractivity contribution is 5.80. The summed E-state index contributed by atoms with van der Waals surface area (Å²) in [6.45, 7) is 0.824. The van der Waals surface area contributed by atoms with Gasteiger partial charge in [-0.3, -0.25) is 9.78 Å². The van der Waals surface area contributed by atoms with Crippen molar-refractivity contribution in [2.45, 2.75) is 0 Å². The fourth-order valence-electron chi connectivity index (χ4n) is 1.41. The Bertz CT molecular complexity index is 388. The van der Waals surface area contributed by atoms with Crippen LogP contribution < -0.4 is 10.6 Å². The van der Waals surface area contributed by atoms with Crippen molar-refractivity contribution in [2.24, 2.45) is 5.73 Å². The Morgan fingerprint density at radius 2 is 2.29 bits per heavy atom. The first-order valence-corrected chi connectivity index (χ1v) is 4.28. The van der Waals surface area contributed by atoms with Gasteiger partial charge in [-0.2, -0.15) is 0 Å². The van der Waals surface area contributed by atoms with Crippen LogP contribution in [0.2, 0.25) is 0 Å². The van der Waals surface area contributed by atoms with Gasteiger partial charge >= 0.3 is 0 Å². The number of carbonyl (C=O) groups excluding carboxylic acids is 1. The molecule has 1 aromatic heterocycles. The number of nitrogens with two attached hydrogens (primary N) is 1. The number of aromatic nitrogens is 2. The van der Waals surface area contributed by atoms with E-state index in [0.29, 0.717) is 12.4 Å². The van der Waals surface area contributed by atoms with Crippen LogP contribution in [-0.4, -0.2) is 29.0 Å². The number of primary amides is 1. The molecule has 1 aliphatic rings. The van der Waals surface area contributed by atoms with Gasteiger partial charge in [-0.15, -0.1) is 0 Å². The van der Waals surface area contributed by atoms with Crippen molar-refractivity contribution in [2.75, 3.05) is 18.0 Å². The lowest BCUT2D eigenvalue weighted by atomic mass is 10.2. The van der Waals surface area contributed by atoms with E-state index in [1.165, 1.54) is 0 Å². The van der Waals surface area contributed by atoms with Gasteiger partial charge in [0.15, 0.2) is 5.82 Å². The molecule has 2 rings (SSSR count). The highest BCUT2D eigenvalue weighted by Crippen LogP contribution is 2.19. The Balaban J connectivity index is 2.31. The summed E-state index contributed by atoms with van der Waals surface area (Å²) >= 11 is 0. The molecule has 0 saturated carbocycles. The van der Waals surface area contributed by atoms with Gasteiger partial charge in [0.25, 0.3) is 0 Å². The SMILES string of the molecule is NC(=O)CN1CC=Cc2nccnc21. The maximum absolute atomic E-state index is 10.8. The van der Waals surface area contributed by atoms with E-state index < -0.39 is 0 Å². The van der Waals surface area contributed by atoms with Gasteiger partial charge in [0.2, 0.25) is 5.91 Å². The van der Waals surface area contributed by atoms with Crippen LogP contribution in [0.15, 0.2) is 18.5 Å². The van der Waals surface area contributed by atoms with Crippen LogP contribution in [0, 0.1) is 0 Å². The lowest BCUT2D eigenvalue weighted by Crippen LogP contribution is -2.36. The van der Waals surface area contributed by atoms with Gasteiger partial charge in [-0.25, -0.2) is 4.98 Å². The molecule has 5 nitrogen and oxygen atoms in total. The molecule has 0 saturated heterocycles. The largest absolute Gasteiger partial charge is 0.368 e. The van der Waals surface area contributed by atoms with E-state index in [-0.39, 0.29) is 12.5 Å². The summed E-state index contributed by atoms with van der Waals surface area (Å²) in [5, 5.41) is 0. The zero-order valence-electron chi connectivity index (χ0n) is 7.55. The molecule has 2 heterocycles. The molecule has 0 radical (unpaired) electrons. The molecule has 0 aliphatic carbocycles. The van der Waals surface area contributed by atoms with Crippen LogP contribution in [0.1, 0.15) is 5.69 Å². The molecule has 0 fully saturated rings. The second-order valence-electron chi connectivity index (χ2n) is 3.01. The lowest BCUT2D eigenvalue weighted by molar-refractivity contribution is -0.116. The number of anilines is 1. The molecule has 0 spiro atoms. The van der Waals surface area contributed by atoms with Crippen LogP contribution in [0.4, 0.5) is 5.82 Å². The van der Waals surface area contributed by atoms with Crippen LogP contribution in [-0.2, 0) is 4.79 Å². The topological polar surface area (TPSA) is 72.1 Å². The molecule has 0 bridgehead atoms. The Hall–Kier alpha value is -1.91. The van der Waals surface area contributed by atoms with Crippen molar-refractivity contribution in [3.8, 4) is 0 Å². The molecule has 72 valence electrons. The highest BCUT2D eigenvalue weighted by Gasteiger charge is 2.16. The Morgan fingerprint density at radius 3 is 3.07 bits per heavy atom. The first-order chi connectivity index (χ1) is 6.77. The minimum atomic E-state index is -0.364. The minimum absolute atomic E-state index is 0.177. The third-order valence-electron chi connectivity index (χ3n) is 1.95. The Kier molecular flexibility index (Phi) is 2.14. The second kappa shape index (κ2) is 3.45. The Labute approximate surface area is 81.3 Å². The second-order valence-corrected chi connectivity index (χ2v) is 3.01. The number of amides is 1. The average molecular weight is 190 g/mol. The predicted molar refractivity (Wildman–Crippen MR) is 52.5 cm³/mol. The van der Waals surface area contributed by atoms with Gasteiger partial charge in [-0.05, 0) is 6.08 Å². The zero-order valence-corrected chi connectivity index (χ0v) is 7.55. The summed E-state index contributed by atoms with van der Waals surface area (Å²) in [6.07, 6.45) is 7.04. The van der Waals surface area contributed by atoms with Crippen LogP contribution in [0.3, 0.4) is 0 Å². The van der Waals surface area contributed by atoms with Crippen LogP contribution >= 0.6 is 0 Å². The number of hydrogen-bond acceptors (Lipinski definition) is 4. The third kappa shape index (κ3) is 1.56. The molecule has 2 N–H and O–H groups in total. The third-order valence-corrected chi connectivity index (χ3v) is 1.95. The van der Waals surface area contributed by atoms with Gasteiger partial charge in [-0.1, -0.05) is 6.08 Å². The maximum Gasteiger partial charge on any atom is 0.237 e. The van der Waals surface area contributed by atoms with Crippen LogP contribution in [0.25, 0.3) is 6.08 Å². The van der Waals surface area contributed by atoms with Gasteiger partial charge in [0, 0.05) is 18.9 Å². The maximum atomic E-state index is 10.8. The fraction of sp³-hybridized carbons (Fsp3) is 0.222.